The van der Waals surface area contributed by atoms with E-state index >= 15 is 0 Å². The number of carbonyl (C=O) groups is 1. The van der Waals surface area contributed by atoms with Gasteiger partial charge in [-0.25, -0.2) is 9.18 Å². The fourth-order valence-corrected chi connectivity index (χ4v) is 2.36. The highest BCUT2D eigenvalue weighted by molar-refractivity contribution is 5.98. The Morgan fingerprint density at radius 3 is 2.40 bits per heavy atom. The van der Waals surface area contributed by atoms with Crippen LogP contribution in [0, 0.1) is 12.7 Å². The molecule has 1 aromatic heterocycles. The summed E-state index contributed by atoms with van der Waals surface area (Å²) in [6.45, 7) is 1.77. The third-order valence-electron chi connectivity index (χ3n) is 3.45. The van der Waals surface area contributed by atoms with Crippen molar-refractivity contribution in [2.45, 2.75) is 6.92 Å². The molecule has 0 aliphatic heterocycles. The van der Waals surface area contributed by atoms with Gasteiger partial charge in [0.2, 0.25) is 0 Å². The number of aromatic carboxylic acids is 1. The van der Waals surface area contributed by atoms with E-state index in [0.29, 0.717) is 5.56 Å². The Kier molecular flexibility index (Phi) is 2.79. The summed E-state index contributed by atoms with van der Waals surface area (Å²) >= 11 is 0. The second kappa shape index (κ2) is 4.49. The SMILES string of the molecule is Cc1c(C(=O)O)[nH]c2ccc(-c3ccc(F)cc3)cc12. The van der Waals surface area contributed by atoms with Crippen LogP contribution in [0.3, 0.4) is 0 Å². The van der Waals surface area contributed by atoms with Gasteiger partial charge in [-0.15, -0.1) is 0 Å². The molecule has 0 fully saturated rings. The second-order valence-corrected chi connectivity index (χ2v) is 4.70. The van der Waals surface area contributed by atoms with E-state index in [-0.39, 0.29) is 11.5 Å². The zero-order valence-corrected chi connectivity index (χ0v) is 10.8. The molecule has 0 spiro atoms. The van der Waals surface area contributed by atoms with Crippen LogP contribution < -0.4 is 0 Å². The molecule has 0 bridgehead atoms. The fourth-order valence-electron chi connectivity index (χ4n) is 2.36. The molecule has 3 nitrogen and oxygen atoms in total. The number of hydrogen-bond acceptors (Lipinski definition) is 1. The Bertz CT molecular complexity index is 803. The molecule has 2 N–H and O–H groups in total. The first-order valence-corrected chi connectivity index (χ1v) is 6.18. The molecule has 100 valence electrons. The quantitative estimate of drug-likeness (QED) is 0.739. The summed E-state index contributed by atoms with van der Waals surface area (Å²) in [6.07, 6.45) is 0. The molecule has 1 heterocycles. The van der Waals surface area contributed by atoms with Crippen molar-refractivity contribution < 1.29 is 14.3 Å². The van der Waals surface area contributed by atoms with Gasteiger partial charge >= 0.3 is 5.97 Å². The molecule has 3 aromatic rings. The number of aryl methyl sites for hydroxylation is 1. The van der Waals surface area contributed by atoms with Crippen LogP contribution in [0.5, 0.6) is 0 Å². The molecule has 0 atom stereocenters. The van der Waals surface area contributed by atoms with Gasteiger partial charge in [-0.1, -0.05) is 18.2 Å². The highest BCUT2D eigenvalue weighted by Crippen LogP contribution is 2.28. The topological polar surface area (TPSA) is 53.1 Å². The summed E-state index contributed by atoms with van der Waals surface area (Å²) in [6, 6.07) is 11.9. The third kappa shape index (κ3) is 1.95. The molecule has 3 rings (SSSR count). The summed E-state index contributed by atoms with van der Waals surface area (Å²) < 4.78 is 12.9. The van der Waals surface area contributed by atoms with Gasteiger partial charge in [-0.3, -0.25) is 0 Å². The van der Waals surface area contributed by atoms with Crippen molar-refractivity contribution >= 4 is 16.9 Å². The Morgan fingerprint density at radius 1 is 1.10 bits per heavy atom. The molecular weight excluding hydrogens is 257 g/mol. The van der Waals surface area contributed by atoms with Crippen molar-refractivity contribution in [3.63, 3.8) is 0 Å². The minimum atomic E-state index is -0.970. The predicted molar refractivity (Wildman–Crippen MR) is 75.4 cm³/mol. The number of carboxylic acids is 1. The number of fused-ring (bicyclic) bond motifs is 1. The number of H-pyrrole nitrogens is 1. The lowest BCUT2D eigenvalue weighted by atomic mass is 10.0. The van der Waals surface area contributed by atoms with E-state index in [1.807, 2.05) is 18.2 Å². The van der Waals surface area contributed by atoms with E-state index in [1.165, 1.54) is 12.1 Å². The van der Waals surface area contributed by atoms with Crippen LogP contribution in [0.1, 0.15) is 16.1 Å². The van der Waals surface area contributed by atoms with Crippen LogP contribution in [0.4, 0.5) is 4.39 Å². The van der Waals surface area contributed by atoms with Crippen molar-refractivity contribution in [3.8, 4) is 11.1 Å². The molecule has 20 heavy (non-hydrogen) atoms. The summed E-state index contributed by atoms with van der Waals surface area (Å²) in [4.78, 5) is 14.0. The first kappa shape index (κ1) is 12.4. The Balaban J connectivity index is 2.17. The molecule has 0 radical (unpaired) electrons. The molecule has 0 amide bonds. The van der Waals surface area contributed by atoms with Gasteiger partial charge in [0.1, 0.15) is 11.5 Å². The largest absolute Gasteiger partial charge is 0.477 e. The molecule has 0 aliphatic rings. The second-order valence-electron chi connectivity index (χ2n) is 4.70. The van der Waals surface area contributed by atoms with E-state index < -0.39 is 5.97 Å². The number of nitrogens with one attached hydrogen (secondary N) is 1. The van der Waals surface area contributed by atoms with Gasteiger partial charge in [0.15, 0.2) is 0 Å². The Morgan fingerprint density at radius 2 is 1.75 bits per heavy atom. The zero-order chi connectivity index (χ0) is 14.3. The predicted octanol–water partition coefficient (Wildman–Crippen LogP) is 3.98. The number of halogens is 1. The first-order valence-electron chi connectivity index (χ1n) is 6.18. The van der Waals surface area contributed by atoms with Crippen LogP contribution in [0.15, 0.2) is 42.5 Å². The van der Waals surface area contributed by atoms with E-state index in [4.69, 9.17) is 5.11 Å². The molecule has 0 unspecified atom stereocenters. The summed E-state index contributed by atoms with van der Waals surface area (Å²) in [5, 5.41) is 9.98. The van der Waals surface area contributed by atoms with Crippen molar-refractivity contribution in [2.75, 3.05) is 0 Å². The number of aromatic amines is 1. The van der Waals surface area contributed by atoms with Gasteiger partial charge in [0.05, 0.1) is 0 Å². The standard InChI is InChI=1S/C16H12FNO2/c1-9-13-8-11(10-2-5-12(17)6-3-10)4-7-14(13)18-15(9)16(19)20/h2-8,18H,1H3,(H,19,20). The minimum Gasteiger partial charge on any atom is -0.477 e. The summed E-state index contributed by atoms with van der Waals surface area (Å²) in [5.74, 6) is -1.25. The van der Waals surface area contributed by atoms with E-state index in [9.17, 15) is 9.18 Å². The Hall–Kier alpha value is -2.62. The molecule has 0 aliphatic carbocycles. The van der Waals surface area contributed by atoms with Gasteiger partial charge in [-0.05, 0) is 47.9 Å². The number of benzene rings is 2. The van der Waals surface area contributed by atoms with Crippen LogP contribution in [0.25, 0.3) is 22.0 Å². The monoisotopic (exact) mass is 269 g/mol. The maximum Gasteiger partial charge on any atom is 0.352 e. The molecular formula is C16H12FNO2. The smallest absolute Gasteiger partial charge is 0.352 e. The van der Waals surface area contributed by atoms with E-state index in [2.05, 4.69) is 4.98 Å². The van der Waals surface area contributed by atoms with Crippen molar-refractivity contribution in [2.24, 2.45) is 0 Å². The van der Waals surface area contributed by atoms with Crippen LogP contribution in [-0.2, 0) is 0 Å². The molecule has 2 aromatic carbocycles. The molecule has 4 heteroatoms. The lowest BCUT2D eigenvalue weighted by molar-refractivity contribution is 0.0691. The minimum absolute atomic E-state index is 0.205. The number of aromatic nitrogens is 1. The fraction of sp³-hybridized carbons (Fsp3) is 0.0625. The lowest BCUT2D eigenvalue weighted by Crippen LogP contribution is -1.97. The first-order chi connectivity index (χ1) is 9.56. The van der Waals surface area contributed by atoms with Gasteiger partial charge in [0.25, 0.3) is 0 Å². The normalized spacial score (nSPS) is 10.9. The molecule has 0 saturated carbocycles. The number of rotatable bonds is 2. The average Bonchev–Trinajstić information content (AvgIpc) is 2.77. The number of carboxylic acid groups (broad SMARTS) is 1. The summed E-state index contributed by atoms with van der Waals surface area (Å²) in [7, 11) is 0. The van der Waals surface area contributed by atoms with Gasteiger partial charge in [-0.2, -0.15) is 0 Å². The third-order valence-corrected chi connectivity index (χ3v) is 3.45. The Labute approximate surface area is 114 Å². The van der Waals surface area contributed by atoms with Gasteiger partial charge < -0.3 is 10.1 Å². The summed E-state index contributed by atoms with van der Waals surface area (Å²) in [5.41, 5.74) is 3.51. The average molecular weight is 269 g/mol. The van der Waals surface area contributed by atoms with Crippen molar-refractivity contribution in [1.82, 2.24) is 4.98 Å². The van der Waals surface area contributed by atoms with Crippen LogP contribution in [0.2, 0.25) is 0 Å². The van der Waals surface area contributed by atoms with Crippen LogP contribution >= 0.6 is 0 Å². The van der Waals surface area contributed by atoms with Gasteiger partial charge in [0, 0.05) is 10.9 Å². The maximum absolute atomic E-state index is 12.9. The van der Waals surface area contributed by atoms with E-state index in [0.717, 1.165) is 22.0 Å². The lowest BCUT2D eigenvalue weighted by Gasteiger charge is -2.02. The number of hydrogen-bond donors (Lipinski definition) is 2. The molecule has 0 saturated heterocycles. The highest BCUT2D eigenvalue weighted by atomic mass is 19.1. The maximum atomic E-state index is 12.9. The van der Waals surface area contributed by atoms with Crippen molar-refractivity contribution in [1.29, 1.82) is 0 Å². The van der Waals surface area contributed by atoms with E-state index in [1.54, 1.807) is 19.1 Å². The zero-order valence-electron chi connectivity index (χ0n) is 10.8. The van der Waals surface area contributed by atoms with Crippen molar-refractivity contribution in [3.05, 3.63) is 59.5 Å². The van der Waals surface area contributed by atoms with Crippen LogP contribution in [-0.4, -0.2) is 16.1 Å². The highest BCUT2D eigenvalue weighted by Gasteiger charge is 2.13.